The summed E-state index contributed by atoms with van der Waals surface area (Å²) in [5, 5.41) is 0. The minimum Gasteiger partial charge on any atom is -0.311 e. The normalized spacial score (nSPS) is 19.1. The maximum atomic E-state index is 10.3. The van der Waals surface area contributed by atoms with Crippen LogP contribution in [0.15, 0.2) is 0 Å². The maximum absolute atomic E-state index is 10.3. The summed E-state index contributed by atoms with van der Waals surface area (Å²) in [5.74, 6) is 0. The Kier molecular flexibility index (Phi) is 2.21. The molecule has 9 heavy (non-hydrogen) atoms. The number of nitrogens with two attached hydrogens (primary N) is 1. The van der Waals surface area contributed by atoms with E-state index in [-0.39, 0.29) is 6.42 Å². The molecule has 0 spiro atoms. The first-order valence-electron chi connectivity index (χ1n) is 2.57. The van der Waals surface area contributed by atoms with Crippen LogP contribution in [0.2, 0.25) is 0 Å². The van der Waals surface area contributed by atoms with Crippen molar-refractivity contribution in [1.82, 2.24) is 0 Å². The second kappa shape index (κ2) is 2.24. The van der Waals surface area contributed by atoms with Crippen molar-refractivity contribution in [2.24, 2.45) is 5.73 Å². The van der Waals surface area contributed by atoms with Gasteiger partial charge in [0.2, 0.25) is 0 Å². The van der Waals surface area contributed by atoms with Crippen LogP contribution in [0, 0.1) is 0 Å². The molecule has 0 aromatic heterocycles. The van der Waals surface area contributed by atoms with E-state index in [4.69, 9.17) is 10.3 Å². The average molecular weight is 153 g/mol. The molecule has 0 aromatic carbocycles. The minimum absolute atomic E-state index is 0.200. The summed E-state index contributed by atoms with van der Waals surface area (Å²) in [6, 6.07) is 0. The highest BCUT2D eigenvalue weighted by Crippen LogP contribution is 2.11. The van der Waals surface area contributed by atoms with E-state index in [0.717, 1.165) is 0 Å². The predicted molar refractivity (Wildman–Crippen MR) is 34.4 cm³/mol. The van der Waals surface area contributed by atoms with E-state index >= 15 is 0 Å². The van der Waals surface area contributed by atoms with E-state index in [2.05, 4.69) is 0 Å². The molecule has 0 aromatic rings. The molecular formula is C4H11NO3S. The largest absolute Gasteiger partial charge is 0.311 e. The van der Waals surface area contributed by atoms with Crippen molar-refractivity contribution in [3.8, 4) is 0 Å². The number of hydrogen-bond acceptors (Lipinski definition) is 3. The molecule has 0 bridgehead atoms. The first kappa shape index (κ1) is 8.87. The average Bonchev–Trinajstić information content (AvgIpc) is 1.64. The molecular weight excluding hydrogens is 142 g/mol. The van der Waals surface area contributed by atoms with Gasteiger partial charge in [0.05, 0.1) is 0 Å². The first-order chi connectivity index (χ1) is 3.81. The highest BCUT2D eigenvalue weighted by atomic mass is 32.2. The van der Waals surface area contributed by atoms with Crippen molar-refractivity contribution in [1.29, 1.82) is 0 Å². The first-order valence-corrected chi connectivity index (χ1v) is 4.01. The highest BCUT2D eigenvalue weighted by Gasteiger charge is 2.30. The van der Waals surface area contributed by atoms with E-state index in [1.165, 1.54) is 6.92 Å². The molecule has 0 amide bonds. The Bertz CT molecular complexity index is 182. The summed E-state index contributed by atoms with van der Waals surface area (Å²) in [5.41, 5.74) is 5.16. The molecule has 56 valence electrons. The van der Waals surface area contributed by atoms with Gasteiger partial charge in [-0.25, -0.2) is 0 Å². The van der Waals surface area contributed by atoms with Crippen molar-refractivity contribution in [2.75, 3.05) is 0 Å². The van der Waals surface area contributed by atoms with Gasteiger partial charge >= 0.3 is 0 Å². The summed E-state index contributed by atoms with van der Waals surface area (Å²) in [4.78, 5) is -1.49. The van der Waals surface area contributed by atoms with Crippen molar-refractivity contribution in [3.63, 3.8) is 0 Å². The van der Waals surface area contributed by atoms with Crippen LogP contribution in [-0.4, -0.2) is 17.8 Å². The monoisotopic (exact) mass is 153 g/mol. The zero-order valence-electron chi connectivity index (χ0n) is 5.46. The van der Waals surface area contributed by atoms with Gasteiger partial charge in [0.15, 0.2) is 0 Å². The van der Waals surface area contributed by atoms with E-state index in [9.17, 15) is 8.42 Å². The molecule has 0 radical (unpaired) electrons. The zero-order valence-corrected chi connectivity index (χ0v) is 6.27. The molecule has 0 heterocycles. The molecule has 3 N–H and O–H groups in total. The van der Waals surface area contributed by atoms with E-state index < -0.39 is 15.0 Å². The molecule has 1 unspecified atom stereocenters. The Balaban J connectivity index is 4.56. The molecule has 4 nitrogen and oxygen atoms in total. The standard InChI is InChI=1S/C4H11NO3S/c1-3-4(2,5)9(6,7)8/h3,5H2,1-2H3,(H,6,7,8). The van der Waals surface area contributed by atoms with Gasteiger partial charge in [0.25, 0.3) is 10.1 Å². The SMILES string of the molecule is CCC(C)(N)S(=O)(=O)O. The van der Waals surface area contributed by atoms with Gasteiger partial charge in [-0.2, -0.15) is 8.42 Å². The van der Waals surface area contributed by atoms with Crippen LogP contribution in [0.4, 0.5) is 0 Å². The molecule has 0 rings (SSSR count). The van der Waals surface area contributed by atoms with Crippen molar-refractivity contribution < 1.29 is 13.0 Å². The van der Waals surface area contributed by atoms with Gasteiger partial charge in [-0.3, -0.25) is 4.55 Å². The van der Waals surface area contributed by atoms with Crippen molar-refractivity contribution >= 4 is 10.1 Å². The van der Waals surface area contributed by atoms with Gasteiger partial charge in [-0.1, -0.05) is 6.92 Å². The lowest BCUT2D eigenvalue weighted by Gasteiger charge is -2.17. The molecule has 0 fully saturated rings. The van der Waals surface area contributed by atoms with Gasteiger partial charge in [-0.05, 0) is 13.3 Å². The summed E-state index contributed by atoms with van der Waals surface area (Å²) >= 11 is 0. The van der Waals surface area contributed by atoms with Crippen molar-refractivity contribution in [2.45, 2.75) is 25.1 Å². The van der Waals surface area contributed by atoms with Crippen molar-refractivity contribution in [3.05, 3.63) is 0 Å². The highest BCUT2D eigenvalue weighted by molar-refractivity contribution is 7.87. The summed E-state index contributed by atoms with van der Waals surface area (Å²) in [6.45, 7) is 2.86. The predicted octanol–water partition coefficient (Wildman–Crippen LogP) is -0.0409. The summed E-state index contributed by atoms with van der Waals surface area (Å²) in [7, 11) is -4.07. The third-order valence-corrected chi connectivity index (χ3v) is 2.76. The van der Waals surface area contributed by atoms with Gasteiger partial charge in [-0.15, -0.1) is 0 Å². The van der Waals surface area contributed by atoms with Crippen LogP contribution in [0.5, 0.6) is 0 Å². The summed E-state index contributed by atoms with van der Waals surface area (Å²) < 4.78 is 29.0. The molecule has 0 saturated carbocycles. The lowest BCUT2D eigenvalue weighted by molar-refractivity contribution is 0.430. The maximum Gasteiger partial charge on any atom is 0.283 e. The number of hydrogen-bond donors (Lipinski definition) is 2. The van der Waals surface area contributed by atoms with E-state index in [1.54, 1.807) is 6.92 Å². The van der Waals surface area contributed by atoms with Gasteiger partial charge in [0, 0.05) is 0 Å². The quantitative estimate of drug-likeness (QED) is 0.545. The van der Waals surface area contributed by atoms with E-state index in [1.807, 2.05) is 0 Å². The second-order valence-corrected chi connectivity index (χ2v) is 4.02. The summed E-state index contributed by atoms with van der Waals surface area (Å²) in [6.07, 6.45) is 0.200. The van der Waals surface area contributed by atoms with Crippen LogP contribution in [0.1, 0.15) is 20.3 Å². The smallest absolute Gasteiger partial charge is 0.283 e. The van der Waals surface area contributed by atoms with Crippen LogP contribution in [0.25, 0.3) is 0 Å². The molecule has 0 saturated heterocycles. The Morgan fingerprint density at radius 2 is 2.00 bits per heavy atom. The molecule has 0 aliphatic heterocycles. The Labute approximate surface area is 54.8 Å². The fraction of sp³-hybridized carbons (Fsp3) is 1.00. The zero-order chi connectivity index (χ0) is 7.71. The Morgan fingerprint density at radius 3 is 2.00 bits per heavy atom. The third kappa shape index (κ3) is 1.92. The number of rotatable bonds is 2. The Morgan fingerprint density at radius 1 is 1.67 bits per heavy atom. The third-order valence-electron chi connectivity index (χ3n) is 1.29. The Hall–Kier alpha value is -0.130. The molecule has 0 aliphatic carbocycles. The van der Waals surface area contributed by atoms with Crippen LogP contribution in [-0.2, 0) is 10.1 Å². The van der Waals surface area contributed by atoms with Crippen LogP contribution in [0.3, 0.4) is 0 Å². The molecule has 1 atom stereocenters. The fourth-order valence-electron chi connectivity index (χ4n) is 0.182. The molecule has 0 aliphatic rings. The van der Waals surface area contributed by atoms with Gasteiger partial charge in [0.1, 0.15) is 4.87 Å². The fourth-order valence-corrected chi connectivity index (χ4v) is 0.547. The van der Waals surface area contributed by atoms with Crippen LogP contribution < -0.4 is 5.73 Å². The minimum atomic E-state index is -4.07. The lowest BCUT2D eigenvalue weighted by Crippen LogP contribution is -2.43. The lowest BCUT2D eigenvalue weighted by atomic mass is 10.3. The van der Waals surface area contributed by atoms with Crippen LogP contribution >= 0.6 is 0 Å². The second-order valence-electron chi connectivity index (χ2n) is 2.14. The molecule has 5 heteroatoms. The van der Waals surface area contributed by atoms with E-state index in [0.29, 0.717) is 0 Å². The topological polar surface area (TPSA) is 80.4 Å². The van der Waals surface area contributed by atoms with Gasteiger partial charge < -0.3 is 5.73 Å².